The van der Waals surface area contributed by atoms with Crippen molar-refractivity contribution in [2.75, 3.05) is 18.2 Å². The second-order valence-corrected chi connectivity index (χ2v) is 4.74. The first kappa shape index (κ1) is 12.0. The Morgan fingerprint density at radius 1 is 1.29 bits per heavy atom. The van der Waals surface area contributed by atoms with Crippen molar-refractivity contribution in [2.24, 2.45) is 0 Å². The van der Waals surface area contributed by atoms with Crippen LogP contribution in [-0.2, 0) is 17.9 Å². The number of para-hydroxylation sites is 1. The summed E-state index contributed by atoms with van der Waals surface area (Å²) in [5.41, 5.74) is 8.96. The third kappa shape index (κ3) is 2.99. The number of nitrogens with one attached hydrogen (secondary N) is 1. The summed E-state index contributed by atoms with van der Waals surface area (Å²) in [4.78, 5) is 1.16. The van der Waals surface area contributed by atoms with E-state index in [-0.39, 0.29) is 0 Å². The first-order valence-electron chi connectivity index (χ1n) is 5.44. The van der Waals surface area contributed by atoms with Crippen LogP contribution in [0.2, 0.25) is 0 Å². The Bertz CT molecular complexity index is 482. The van der Waals surface area contributed by atoms with Gasteiger partial charge < -0.3 is 15.8 Å². The average Bonchev–Trinajstić information content (AvgIpc) is 2.74. The third-order valence-electron chi connectivity index (χ3n) is 2.54. The zero-order chi connectivity index (χ0) is 12.1. The fourth-order valence-electron chi connectivity index (χ4n) is 1.64. The molecule has 1 heterocycles. The van der Waals surface area contributed by atoms with Crippen LogP contribution in [0.5, 0.6) is 0 Å². The second-order valence-electron chi connectivity index (χ2n) is 3.74. The van der Waals surface area contributed by atoms with Crippen molar-refractivity contribution in [3.05, 3.63) is 46.2 Å². The van der Waals surface area contributed by atoms with E-state index in [2.05, 4.69) is 17.4 Å². The zero-order valence-electron chi connectivity index (χ0n) is 9.77. The highest BCUT2D eigenvalue weighted by Crippen LogP contribution is 2.22. The number of ether oxygens (including phenoxy) is 1. The molecule has 0 spiro atoms. The van der Waals surface area contributed by atoms with Gasteiger partial charge in [-0.05, 0) is 17.5 Å². The number of nitrogen functional groups attached to an aromatic ring is 1. The average molecular weight is 248 g/mol. The van der Waals surface area contributed by atoms with Crippen LogP contribution in [0.1, 0.15) is 10.4 Å². The van der Waals surface area contributed by atoms with Gasteiger partial charge >= 0.3 is 0 Å². The highest BCUT2D eigenvalue weighted by Gasteiger charge is 2.03. The van der Waals surface area contributed by atoms with Crippen molar-refractivity contribution in [2.45, 2.75) is 13.2 Å². The minimum Gasteiger partial charge on any atom is -0.398 e. The molecule has 0 unspecified atom stereocenters. The minimum atomic E-state index is 0.614. The number of nitrogens with two attached hydrogens (primary N) is 1. The maximum atomic E-state index is 5.85. The largest absolute Gasteiger partial charge is 0.398 e. The lowest BCUT2D eigenvalue weighted by molar-refractivity contribution is 0.185. The molecule has 90 valence electrons. The Labute approximate surface area is 105 Å². The highest BCUT2D eigenvalue weighted by atomic mass is 32.1. The van der Waals surface area contributed by atoms with Crippen molar-refractivity contribution in [3.63, 3.8) is 0 Å². The van der Waals surface area contributed by atoms with Crippen LogP contribution in [0, 0.1) is 0 Å². The van der Waals surface area contributed by atoms with Crippen LogP contribution in [0.25, 0.3) is 0 Å². The van der Waals surface area contributed by atoms with E-state index in [4.69, 9.17) is 10.5 Å². The molecule has 0 bridgehead atoms. The van der Waals surface area contributed by atoms with Gasteiger partial charge in [-0.25, -0.2) is 0 Å². The molecular weight excluding hydrogens is 232 g/mol. The van der Waals surface area contributed by atoms with Crippen molar-refractivity contribution in [3.8, 4) is 0 Å². The maximum absolute atomic E-state index is 5.85. The molecular formula is C13H16N2OS. The summed E-state index contributed by atoms with van der Waals surface area (Å²) in [6.07, 6.45) is 0. The summed E-state index contributed by atoms with van der Waals surface area (Å²) < 4.78 is 5.17. The van der Waals surface area contributed by atoms with Gasteiger partial charge in [0.2, 0.25) is 0 Å². The summed E-state index contributed by atoms with van der Waals surface area (Å²) in [7, 11) is 1.70. The Hall–Kier alpha value is -1.52. The molecule has 0 aliphatic rings. The number of rotatable bonds is 5. The lowest BCUT2D eigenvalue weighted by Gasteiger charge is -2.11. The van der Waals surface area contributed by atoms with Crippen LogP contribution in [0.4, 0.5) is 11.4 Å². The molecule has 0 aliphatic carbocycles. The Morgan fingerprint density at radius 3 is 2.82 bits per heavy atom. The van der Waals surface area contributed by atoms with Gasteiger partial charge in [0.05, 0.1) is 13.2 Å². The van der Waals surface area contributed by atoms with Crippen LogP contribution in [0.3, 0.4) is 0 Å². The number of anilines is 2. The van der Waals surface area contributed by atoms with Gasteiger partial charge in [-0.1, -0.05) is 18.2 Å². The van der Waals surface area contributed by atoms with Crippen LogP contribution < -0.4 is 11.1 Å². The van der Waals surface area contributed by atoms with Gasteiger partial charge in [-0.3, -0.25) is 0 Å². The third-order valence-corrected chi connectivity index (χ3v) is 3.47. The monoisotopic (exact) mass is 248 g/mol. The van der Waals surface area contributed by atoms with Crippen LogP contribution in [0.15, 0.2) is 35.7 Å². The molecule has 1 aromatic heterocycles. The number of methoxy groups -OCH3 is 1. The lowest BCUT2D eigenvalue weighted by atomic mass is 10.2. The van der Waals surface area contributed by atoms with Crippen molar-refractivity contribution in [1.29, 1.82) is 0 Å². The molecule has 0 radical (unpaired) electrons. The van der Waals surface area contributed by atoms with Crippen molar-refractivity contribution >= 4 is 22.7 Å². The number of hydrogen-bond donors (Lipinski definition) is 2. The maximum Gasteiger partial charge on any atom is 0.0733 e. The smallest absolute Gasteiger partial charge is 0.0733 e. The van der Waals surface area contributed by atoms with Gasteiger partial charge in [0, 0.05) is 28.9 Å². The summed E-state index contributed by atoms with van der Waals surface area (Å²) >= 11 is 1.67. The molecule has 0 aliphatic heterocycles. The molecule has 0 saturated heterocycles. The molecule has 2 aromatic rings. The molecule has 17 heavy (non-hydrogen) atoms. The predicted molar refractivity (Wildman–Crippen MR) is 73.2 cm³/mol. The summed E-state index contributed by atoms with van der Waals surface area (Å²) in [5.74, 6) is 0. The van der Waals surface area contributed by atoms with E-state index in [1.807, 2.05) is 23.6 Å². The molecule has 0 atom stereocenters. The number of thiophene rings is 1. The molecule has 3 N–H and O–H groups in total. The van der Waals surface area contributed by atoms with E-state index in [1.165, 1.54) is 0 Å². The Kier molecular flexibility index (Phi) is 4.01. The normalized spacial score (nSPS) is 10.4. The first-order valence-corrected chi connectivity index (χ1v) is 6.32. The van der Waals surface area contributed by atoms with Crippen molar-refractivity contribution < 1.29 is 4.74 Å². The summed E-state index contributed by atoms with van der Waals surface area (Å²) in [5, 5.41) is 5.40. The zero-order valence-corrected chi connectivity index (χ0v) is 10.6. The lowest BCUT2D eigenvalue weighted by Crippen LogP contribution is -2.03. The molecule has 1 aromatic carbocycles. The van der Waals surface area contributed by atoms with E-state index in [0.29, 0.717) is 6.61 Å². The minimum absolute atomic E-state index is 0.614. The molecule has 4 heteroatoms. The van der Waals surface area contributed by atoms with E-state index in [0.717, 1.165) is 28.4 Å². The topological polar surface area (TPSA) is 47.3 Å². The Morgan fingerprint density at radius 2 is 2.12 bits per heavy atom. The highest BCUT2D eigenvalue weighted by molar-refractivity contribution is 7.10. The molecule has 0 amide bonds. The standard InChI is InChI=1S/C13H16N2OS/c1-16-9-10-4-2-3-5-12(10)15-8-13-11(14)6-7-17-13/h2-7,15H,8-9,14H2,1H3. The SMILES string of the molecule is COCc1ccccc1NCc1sccc1N. The number of benzene rings is 1. The van der Waals surface area contributed by atoms with Gasteiger partial charge in [0.15, 0.2) is 0 Å². The molecule has 2 rings (SSSR count). The van der Waals surface area contributed by atoms with E-state index in [9.17, 15) is 0 Å². The van der Waals surface area contributed by atoms with E-state index in [1.54, 1.807) is 18.4 Å². The first-order chi connectivity index (χ1) is 8.31. The van der Waals surface area contributed by atoms with Gasteiger partial charge in [0.25, 0.3) is 0 Å². The van der Waals surface area contributed by atoms with Gasteiger partial charge in [-0.2, -0.15) is 0 Å². The van der Waals surface area contributed by atoms with Crippen LogP contribution in [-0.4, -0.2) is 7.11 Å². The van der Waals surface area contributed by atoms with Crippen LogP contribution >= 0.6 is 11.3 Å². The van der Waals surface area contributed by atoms with E-state index >= 15 is 0 Å². The molecule has 0 fully saturated rings. The fraction of sp³-hybridized carbons (Fsp3) is 0.231. The van der Waals surface area contributed by atoms with Gasteiger partial charge in [0.1, 0.15) is 0 Å². The summed E-state index contributed by atoms with van der Waals surface area (Å²) in [6.45, 7) is 1.37. The Balaban J connectivity index is 2.06. The molecule has 3 nitrogen and oxygen atoms in total. The molecule has 0 saturated carbocycles. The summed E-state index contributed by atoms with van der Waals surface area (Å²) in [6, 6.07) is 10.1. The van der Waals surface area contributed by atoms with Crippen molar-refractivity contribution in [1.82, 2.24) is 0 Å². The van der Waals surface area contributed by atoms with E-state index < -0.39 is 0 Å². The quantitative estimate of drug-likeness (QED) is 0.854. The fourth-order valence-corrected chi connectivity index (χ4v) is 2.38. The number of hydrogen-bond acceptors (Lipinski definition) is 4. The van der Waals surface area contributed by atoms with Gasteiger partial charge in [-0.15, -0.1) is 11.3 Å². The second kappa shape index (κ2) is 5.70. The predicted octanol–water partition coefficient (Wildman–Crippen LogP) is 3.09.